The Hall–Kier alpha value is -1.21. The third-order valence-electron chi connectivity index (χ3n) is 2.91. The average molecular weight is 283 g/mol. The lowest BCUT2D eigenvalue weighted by atomic mass is 10.1. The molecule has 0 spiro atoms. The largest absolute Gasteiger partial charge is 0.392 e. The molecule has 0 amide bonds. The fraction of sp³-hybridized carbons (Fsp3) is 0.643. The molecule has 112 valence electrons. The summed E-state index contributed by atoms with van der Waals surface area (Å²) in [5, 5.41) is 3.83. The van der Waals surface area contributed by atoms with Crippen molar-refractivity contribution in [2.75, 3.05) is 13.2 Å². The Labute approximate surface area is 119 Å². The summed E-state index contributed by atoms with van der Waals surface area (Å²) < 4.78 is 22.9. The molecule has 6 nitrogen and oxygen atoms in total. The molecule has 2 heterocycles. The molecule has 20 heavy (non-hydrogen) atoms. The number of nitrogens with zero attached hydrogens (tertiary/aromatic N) is 1. The molecule has 2 rings (SSSR count). The van der Waals surface area contributed by atoms with Crippen molar-refractivity contribution in [1.29, 1.82) is 0 Å². The first kappa shape index (κ1) is 15.2. The van der Waals surface area contributed by atoms with Gasteiger partial charge >= 0.3 is 0 Å². The van der Waals surface area contributed by atoms with Crippen LogP contribution in [0, 0.1) is 0 Å². The molecule has 0 radical (unpaired) electrons. The third-order valence-corrected chi connectivity index (χ3v) is 2.91. The van der Waals surface area contributed by atoms with Crippen LogP contribution in [0.4, 0.5) is 0 Å². The van der Waals surface area contributed by atoms with Gasteiger partial charge in [0.2, 0.25) is 0 Å². The Balaban J connectivity index is 2.00. The highest BCUT2D eigenvalue weighted by atomic mass is 16.8. The van der Waals surface area contributed by atoms with Crippen molar-refractivity contribution in [2.24, 2.45) is 5.16 Å². The maximum absolute atomic E-state index is 5.81. The molecule has 4 atom stereocenters. The fourth-order valence-electron chi connectivity index (χ4n) is 2.19. The van der Waals surface area contributed by atoms with E-state index in [9.17, 15) is 0 Å². The van der Waals surface area contributed by atoms with Crippen molar-refractivity contribution >= 4 is 6.21 Å². The quantitative estimate of drug-likeness (QED) is 0.307. The fourth-order valence-corrected chi connectivity index (χ4v) is 2.19. The molecule has 0 bridgehead atoms. The lowest BCUT2D eigenvalue weighted by Crippen LogP contribution is -2.37. The second kappa shape index (κ2) is 6.49. The van der Waals surface area contributed by atoms with Gasteiger partial charge in [-0.05, 0) is 13.8 Å². The zero-order valence-corrected chi connectivity index (χ0v) is 11.9. The van der Waals surface area contributed by atoms with Crippen LogP contribution in [-0.4, -0.2) is 49.8 Å². The summed E-state index contributed by atoms with van der Waals surface area (Å²) in [5.74, 6) is -0.674. The van der Waals surface area contributed by atoms with Gasteiger partial charge in [0.1, 0.15) is 24.9 Å². The van der Waals surface area contributed by atoms with Crippen LogP contribution in [0.5, 0.6) is 0 Å². The van der Waals surface area contributed by atoms with Crippen LogP contribution in [0.2, 0.25) is 0 Å². The standard InChI is InChI=1S/C14H21NO5/c1-5-7-16-11-10(9-15-17-8-6-2)18-13-12(11)19-14(3,4)20-13/h5-6,9-13H,1-2,7-8H2,3-4H3/b15-9+/t10-,11+,12-,13-/m1/s1. The van der Waals surface area contributed by atoms with E-state index in [2.05, 4.69) is 18.3 Å². The summed E-state index contributed by atoms with van der Waals surface area (Å²) in [6.45, 7) is 11.6. The van der Waals surface area contributed by atoms with E-state index in [0.29, 0.717) is 13.2 Å². The van der Waals surface area contributed by atoms with Crippen molar-refractivity contribution in [3.05, 3.63) is 25.3 Å². The van der Waals surface area contributed by atoms with E-state index in [1.807, 2.05) is 13.8 Å². The highest BCUT2D eigenvalue weighted by Crippen LogP contribution is 2.38. The van der Waals surface area contributed by atoms with Crippen LogP contribution in [0.3, 0.4) is 0 Å². The van der Waals surface area contributed by atoms with Crippen LogP contribution in [0.25, 0.3) is 0 Å². The molecule has 2 fully saturated rings. The van der Waals surface area contributed by atoms with E-state index < -0.39 is 12.1 Å². The van der Waals surface area contributed by atoms with E-state index >= 15 is 0 Å². The minimum Gasteiger partial charge on any atom is -0.392 e. The second-order valence-electron chi connectivity index (χ2n) is 4.99. The molecule has 0 aromatic heterocycles. The molecule has 2 aliphatic rings. The molecule has 6 heteroatoms. The van der Waals surface area contributed by atoms with Crippen molar-refractivity contribution in [1.82, 2.24) is 0 Å². The minimum atomic E-state index is -0.674. The van der Waals surface area contributed by atoms with E-state index in [1.54, 1.807) is 18.4 Å². The van der Waals surface area contributed by atoms with Crippen molar-refractivity contribution < 1.29 is 23.8 Å². The van der Waals surface area contributed by atoms with Gasteiger partial charge in [-0.15, -0.1) is 6.58 Å². The maximum atomic E-state index is 5.81. The highest BCUT2D eigenvalue weighted by Gasteiger charge is 2.55. The van der Waals surface area contributed by atoms with Gasteiger partial charge in [-0.3, -0.25) is 0 Å². The summed E-state index contributed by atoms with van der Waals surface area (Å²) in [5.41, 5.74) is 0. The first-order valence-corrected chi connectivity index (χ1v) is 6.57. The summed E-state index contributed by atoms with van der Waals surface area (Å²) in [6.07, 6.45) is 3.40. The zero-order chi connectivity index (χ0) is 14.6. The molecule has 0 saturated carbocycles. The van der Waals surface area contributed by atoms with Crippen LogP contribution in [-0.2, 0) is 23.8 Å². The molecular weight excluding hydrogens is 262 g/mol. The van der Waals surface area contributed by atoms with Crippen molar-refractivity contribution in [3.63, 3.8) is 0 Å². The van der Waals surface area contributed by atoms with E-state index in [1.165, 1.54) is 0 Å². The van der Waals surface area contributed by atoms with Gasteiger partial charge in [0.05, 0.1) is 12.8 Å². The molecule has 0 aliphatic carbocycles. The Morgan fingerprint density at radius 3 is 2.65 bits per heavy atom. The van der Waals surface area contributed by atoms with Crippen LogP contribution in [0.15, 0.2) is 30.5 Å². The number of oxime groups is 1. The Bertz CT molecular complexity index is 382. The van der Waals surface area contributed by atoms with Crippen LogP contribution < -0.4 is 0 Å². The molecule has 2 saturated heterocycles. The second-order valence-corrected chi connectivity index (χ2v) is 4.99. The lowest BCUT2D eigenvalue weighted by Gasteiger charge is -2.23. The number of ether oxygens (including phenoxy) is 4. The van der Waals surface area contributed by atoms with E-state index in [0.717, 1.165) is 0 Å². The maximum Gasteiger partial charge on any atom is 0.190 e. The predicted octanol–water partition coefficient (Wildman–Crippen LogP) is 1.62. The van der Waals surface area contributed by atoms with Crippen LogP contribution >= 0.6 is 0 Å². The summed E-state index contributed by atoms with van der Waals surface area (Å²) in [7, 11) is 0. The Morgan fingerprint density at radius 1 is 1.20 bits per heavy atom. The summed E-state index contributed by atoms with van der Waals surface area (Å²) in [6, 6.07) is 0. The topological polar surface area (TPSA) is 58.5 Å². The normalized spacial score (nSPS) is 35.1. The monoisotopic (exact) mass is 283 g/mol. The molecule has 0 aromatic carbocycles. The smallest absolute Gasteiger partial charge is 0.190 e. The van der Waals surface area contributed by atoms with Crippen LogP contribution in [0.1, 0.15) is 13.8 Å². The molecule has 0 N–H and O–H groups in total. The van der Waals surface area contributed by atoms with Crippen molar-refractivity contribution in [3.8, 4) is 0 Å². The molecule has 0 unspecified atom stereocenters. The number of rotatable bonds is 7. The molecular formula is C14H21NO5. The summed E-state index contributed by atoms with van der Waals surface area (Å²) >= 11 is 0. The first-order chi connectivity index (χ1) is 9.57. The first-order valence-electron chi connectivity index (χ1n) is 6.57. The van der Waals surface area contributed by atoms with E-state index in [4.69, 9.17) is 23.8 Å². The Morgan fingerprint density at radius 2 is 1.95 bits per heavy atom. The average Bonchev–Trinajstić information content (AvgIpc) is 2.84. The van der Waals surface area contributed by atoms with E-state index in [-0.39, 0.29) is 18.3 Å². The minimum absolute atomic E-state index is 0.291. The Kier molecular flexibility index (Phi) is 4.93. The predicted molar refractivity (Wildman–Crippen MR) is 73.3 cm³/mol. The van der Waals surface area contributed by atoms with Gasteiger partial charge in [0.15, 0.2) is 12.1 Å². The lowest BCUT2D eigenvalue weighted by molar-refractivity contribution is -0.209. The summed E-state index contributed by atoms with van der Waals surface area (Å²) in [4.78, 5) is 4.97. The van der Waals surface area contributed by atoms with Gasteiger partial charge in [0.25, 0.3) is 0 Å². The van der Waals surface area contributed by atoms with Gasteiger partial charge in [-0.2, -0.15) is 0 Å². The molecule has 0 aromatic rings. The third kappa shape index (κ3) is 3.46. The van der Waals surface area contributed by atoms with Gasteiger partial charge in [-0.1, -0.05) is 23.9 Å². The van der Waals surface area contributed by atoms with Gasteiger partial charge in [0, 0.05) is 0 Å². The highest BCUT2D eigenvalue weighted by molar-refractivity contribution is 5.64. The van der Waals surface area contributed by atoms with Gasteiger partial charge < -0.3 is 23.8 Å². The van der Waals surface area contributed by atoms with Crippen molar-refractivity contribution in [2.45, 2.75) is 44.2 Å². The SMILES string of the molecule is C=CCO/N=C/[C@H]1O[C@@H]2OC(C)(C)O[C@@H]2[C@H]1OCC=C. The number of hydrogen-bond donors (Lipinski definition) is 0. The zero-order valence-electron chi connectivity index (χ0n) is 11.9. The molecule has 2 aliphatic heterocycles. The van der Waals surface area contributed by atoms with Gasteiger partial charge in [-0.25, -0.2) is 0 Å². The number of fused-ring (bicyclic) bond motifs is 1. The number of hydrogen-bond acceptors (Lipinski definition) is 6.